The number of nitrogens with one attached hydrogen (secondary N) is 2. The van der Waals surface area contributed by atoms with Crippen LogP contribution in [0.1, 0.15) is 56.8 Å². The minimum Gasteiger partial charge on any atom is -0.369 e. The number of pyridine rings is 1. The third-order valence-corrected chi connectivity index (χ3v) is 4.28. The van der Waals surface area contributed by atoms with Crippen LogP contribution in [-0.2, 0) is 0 Å². The molecule has 5 heteroatoms. The number of rotatable bonds is 4. The Morgan fingerprint density at radius 3 is 2.90 bits per heavy atom. The van der Waals surface area contributed by atoms with Crippen molar-refractivity contribution in [1.29, 1.82) is 0 Å². The molecule has 0 bridgehead atoms. The van der Waals surface area contributed by atoms with E-state index in [9.17, 15) is 4.79 Å². The molecule has 21 heavy (non-hydrogen) atoms. The van der Waals surface area contributed by atoms with E-state index >= 15 is 0 Å². The number of hydrogen-bond acceptors (Lipinski definition) is 3. The number of hydrogen-bond donors (Lipinski definition) is 2. The van der Waals surface area contributed by atoms with E-state index in [-0.39, 0.29) is 11.9 Å². The molecule has 1 aromatic heterocycles. The summed E-state index contributed by atoms with van der Waals surface area (Å²) < 4.78 is 0. The van der Waals surface area contributed by atoms with Crippen molar-refractivity contribution >= 4 is 23.3 Å². The van der Waals surface area contributed by atoms with Gasteiger partial charge in [0, 0.05) is 18.8 Å². The van der Waals surface area contributed by atoms with Crippen LogP contribution in [0.2, 0.25) is 5.02 Å². The Hall–Kier alpha value is -1.29. The van der Waals surface area contributed by atoms with Gasteiger partial charge in [0.1, 0.15) is 5.82 Å². The summed E-state index contributed by atoms with van der Waals surface area (Å²) in [7, 11) is 0. The minimum absolute atomic E-state index is 0.0878. The van der Waals surface area contributed by atoms with Gasteiger partial charge in [0.25, 0.3) is 5.91 Å². The van der Waals surface area contributed by atoms with Gasteiger partial charge in [-0.25, -0.2) is 4.98 Å². The molecule has 1 saturated carbocycles. The van der Waals surface area contributed by atoms with Crippen molar-refractivity contribution < 1.29 is 4.79 Å². The summed E-state index contributed by atoms with van der Waals surface area (Å²) in [5.41, 5.74) is 0.825. The predicted molar refractivity (Wildman–Crippen MR) is 86.9 cm³/mol. The Balaban J connectivity index is 2.01. The monoisotopic (exact) mass is 309 g/mol. The smallest absolute Gasteiger partial charge is 0.253 e. The van der Waals surface area contributed by atoms with Gasteiger partial charge in [-0.2, -0.15) is 0 Å². The molecule has 0 aromatic carbocycles. The minimum atomic E-state index is -0.0878. The summed E-state index contributed by atoms with van der Waals surface area (Å²) in [5.74, 6) is 0.532. The molecule has 2 N–H and O–H groups in total. The van der Waals surface area contributed by atoms with Gasteiger partial charge in [0.15, 0.2) is 0 Å². The van der Waals surface area contributed by atoms with Crippen LogP contribution >= 0.6 is 11.6 Å². The maximum Gasteiger partial charge on any atom is 0.253 e. The van der Waals surface area contributed by atoms with Gasteiger partial charge in [-0.05, 0) is 37.7 Å². The first-order valence-corrected chi connectivity index (χ1v) is 7.99. The van der Waals surface area contributed by atoms with E-state index < -0.39 is 0 Å². The summed E-state index contributed by atoms with van der Waals surface area (Å²) >= 11 is 6.14. The van der Waals surface area contributed by atoms with Crippen LogP contribution in [0.4, 0.5) is 5.82 Å². The number of amides is 1. The fourth-order valence-electron chi connectivity index (χ4n) is 2.95. The highest BCUT2D eigenvalue weighted by atomic mass is 35.5. The topological polar surface area (TPSA) is 54.0 Å². The SMILES string of the molecule is CCNc1ncc(C(=O)NC2CCCC(C)(C)C2)cc1Cl. The number of anilines is 1. The Kier molecular flexibility index (Phi) is 5.09. The molecule has 0 radical (unpaired) electrons. The highest BCUT2D eigenvalue weighted by Gasteiger charge is 2.29. The number of carbonyl (C=O) groups excluding carboxylic acids is 1. The van der Waals surface area contributed by atoms with Crippen molar-refractivity contribution in [3.63, 3.8) is 0 Å². The molecular weight excluding hydrogens is 286 g/mol. The molecule has 1 atom stereocenters. The van der Waals surface area contributed by atoms with Crippen LogP contribution in [-0.4, -0.2) is 23.5 Å². The number of carbonyl (C=O) groups is 1. The molecule has 4 nitrogen and oxygen atoms in total. The zero-order chi connectivity index (χ0) is 15.5. The summed E-state index contributed by atoms with van der Waals surface area (Å²) in [5, 5.41) is 6.65. The molecule has 0 saturated heterocycles. The van der Waals surface area contributed by atoms with Gasteiger partial charge in [0.05, 0.1) is 10.6 Å². The molecule has 116 valence electrons. The number of aromatic nitrogens is 1. The van der Waals surface area contributed by atoms with Gasteiger partial charge < -0.3 is 10.6 Å². The quantitative estimate of drug-likeness (QED) is 0.888. The third-order valence-electron chi connectivity index (χ3n) is 3.99. The lowest BCUT2D eigenvalue weighted by Crippen LogP contribution is -2.40. The van der Waals surface area contributed by atoms with Gasteiger partial charge in [-0.3, -0.25) is 4.79 Å². The lowest BCUT2D eigenvalue weighted by Gasteiger charge is -2.35. The second kappa shape index (κ2) is 6.65. The Bertz CT molecular complexity index is 516. The summed E-state index contributed by atoms with van der Waals surface area (Å²) in [6.45, 7) is 7.24. The van der Waals surface area contributed by atoms with Gasteiger partial charge in [0.2, 0.25) is 0 Å². The molecule has 1 amide bonds. The highest BCUT2D eigenvalue weighted by molar-refractivity contribution is 6.33. The fourth-order valence-corrected chi connectivity index (χ4v) is 3.18. The second-order valence-electron chi connectivity index (χ2n) is 6.52. The lowest BCUT2D eigenvalue weighted by molar-refractivity contribution is 0.0902. The highest BCUT2D eigenvalue weighted by Crippen LogP contribution is 2.35. The average Bonchev–Trinajstić information content (AvgIpc) is 2.40. The molecule has 1 fully saturated rings. The van der Waals surface area contributed by atoms with Crippen molar-refractivity contribution in [1.82, 2.24) is 10.3 Å². The summed E-state index contributed by atoms with van der Waals surface area (Å²) in [4.78, 5) is 16.5. The molecule has 1 aliphatic rings. The first kappa shape index (κ1) is 16.1. The molecule has 1 unspecified atom stereocenters. The normalized spacial score (nSPS) is 20.9. The first-order chi connectivity index (χ1) is 9.91. The van der Waals surface area contributed by atoms with E-state index in [1.807, 2.05) is 6.92 Å². The molecule has 2 rings (SSSR count). The Morgan fingerprint density at radius 2 is 2.29 bits per heavy atom. The maximum absolute atomic E-state index is 12.3. The van der Waals surface area contributed by atoms with Crippen molar-refractivity contribution in [2.75, 3.05) is 11.9 Å². The number of nitrogens with zero attached hydrogens (tertiary/aromatic N) is 1. The Morgan fingerprint density at radius 1 is 1.52 bits per heavy atom. The molecule has 1 aromatic rings. The molecule has 1 heterocycles. The zero-order valence-electron chi connectivity index (χ0n) is 13.0. The predicted octanol–water partition coefficient (Wildman–Crippen LogP) is 3.87. The van der Waals surface area contributed by atoms with E-state index in [2.05, 4.69) is 29.5 Å². The van der Waals surface area contributed by atoms with Crippen molar-refractivity contribution in [3.8, 4) is 0 Å². The van der Waals surface area contributed by atoms with Gasteiger partial charge in [-0.15, -0.1) is 0 Å². The van der Waals surface area contributed by atoms with Crippen LogP contribution in [0.25, 0.3) is 0 Å². The van der Waals surface area contributed by atoms with Gasteiger partial charge in [-0.1, -0.05) is 31.9 Å². The number of halogens is 1. The molecule has 0 spiro atoms. The van der Waals surface area contributed by atoms with E-state index in [1.165, 1.54) is 6.42 Å². The summed E-state index contributed by atoms with van der Waals surface area (Å²) in [6.07, 6.45) is 6.04. The van der Waals surface area contributed by atoms with Crippen molar-refractivity contribution in [2.45, 2.75) is 52.5 Å². The van der Waals surface area contributed by atoms with Crippen LogP contribution < -0.4 is 10.6 Å². The largest absolute Gasteiger partial charge is 0.369 e. The van der Waals surface area contributed by atoms with E-state index in [4.69, 9.17) is 11.6 Å². The van der Waals surface area contributed by atoms with E-state index in [0.717, 1.165) is 25.8 Å². The first-order valence-electron chi connectivity index (χ1n) is 7.61. The maximum atomic E-state index is 12.3. The standard InChI is InChI=1S/C16H24ClN3O/c1-4-18-14-13(17)8-11(10-19-14)15(21)20-12-6-5-7-16(2,3)9-12/h8,10,12H,4-7,9H2,1-3H3,(H,18,19)(H,20,21). The van der Waals surface area contributed by atoms with Crippen LogP contribution in [0.3, 0.4) is 0 Å². The molecular formula is C16H24ClN3O. The fraction of sp³-hybridized carbons (Fsp3) is 0.625. The average molecular weight is 310 g/mol. The van der Waals surface area contributed by atoms with Crippen molar-refractivity contribution in [2.24, 2.45) is 5.41 Å². The lowest BCUT2D eigenvalue weighted by atomic mass is 9.75. The van der Waals surface area contributed by atoms with Crippen molar-refractivity contribution in [3.05, 3.63) is 22.8 Å². The van der Waals surface area contributed by atoms with E-state index in [1.54, 1.807) is 12.3 Å². The molecule has 1 aliphatic carbocycles. The Labute approximate surface area is 131 Å². The molecule has 0 aliphatic heterocycles. The van der Waals surface area contributed by atoms with Gasteiger partial charge >= 0.3 is 0 Å². The third kappa shape index (κ3) is 4.34. The van der Waals surface area contributed by atoms with Crippen LogP contribution in [0, 0.1) is 5.41 Å². The second-order valence-corrected chi connectivity index (χ2v) is 6.92. The van der Waals surface area contributed by atoms with Crippen LogP contribution in [0.15, 0.2) is 12.3 Å². The summed E-state index contributed by atoms with van der Waals surface area (Å²) in [6, 6.07) is 1.92. The van der Waals surface area contributed by atoms with E-state index in [0.29, 0.717) is 21.8 Å². The van der Waals surface area contributed by atoms with Crippen LogP contribution in [0.5, 0.6) is 0 Å². The zero-order valence-corrected chi connectivity index (χ0v) is 13.8.